The summed E-state index contributed by atoms with van der Waals surface area (Å²) in [4.78, 5) is 24.8. The second kappa shape index (κ2) is 9.14. The first-order valence-electron chi connectivity index (χ1n) is 9.38. The molecule has 5 nitrogen and oxygen atoms in total. The Labute approximate surface area is 163 Å². The van der Waals surface area contributed by atoms with Gasteiger partial charge in [0.15, 0.2) is 0 Å². The van der Waals surface area contributed by atoms with Crippen LogP contribution in [0.15, 0.2) is 48.5 Å². The molecule has 2 aromatic rings. The number of hydrogen-bond donors (Lipinski definition) is 2. The molecule has 2 N–H and O–H groups in total. The van der Waals surface area contributed by atoms with Crippen LogP contribution in [0.5, 0.6) is 0 Å². The molecule has 1 saturated carbocycles. The van der Waals surface area contributed by atoms with Crippen molar-refractivity contribution in [3.63, 3.8) is 0 Å². The zero-order valence-corrected chi connectivity index (χ0v) is 15.5. The van der Waals surface area contributed by atoms with Crippen molar-refractivity contribution in [2.75, 3.05) is 5.32 Å². The summed E-state index contributed by atoms with van der Waals surface area (Å²) in [6.07, 6.45) is 2.62. The van der Waals surface area contributed by atoms with Crippen molar-refractivity contribution >= 4 is 17.5 Å². The summed E-state index contributed by atoms with van der Waals surface area (Å²) < 4.78 is 12.9. The average molecular weight is 379 g/mol. The van der Waals surface area contributed by atoms with Gasteiger partial charge in [0.25, 0.3) is 0 Å². The Morgan fingerprint density at radius 2 is 1.64 bits per heavy atom. The Morgan fingerprint density at radius 3 is 2.29 bits per heavy atom. The fourth-order valence-electron chi connectivity index (χ4n) is 3.46. The predicted octanol–water partition coefficient (Wildman–Crippen LogP) is 3.76. The van der Waals surface area contributed by atoms with Gasteiger partial charge >= 0.3 is 0 Å². The Morgan fingerprint density at radius 1 is 1.00 bits per heavy atom. The summed E-state index contributed by atoms with van der Waals surface area (Å²) in [5.74, 6) is -0.630. The summed E-state index contributed by atoms with van der Waals surface area (Å²) in [5, 5.41) is 14.7. The minimum absolute atomic E-state index is 0.0232. The van der Waals surface area contributed by atoms with Gasteiger partial charge in [-0.25, -0.2) is 4.39 Å². The van der Waals surface area contributed by atoms with E-state index in [0.29, 0.717) is 43.5 Å². The van der Waals surface area contributed by atoms with E-state index in [4.69, 9.17) is 5.26 Å². The zero-order chi connectivity index (χ0) is 19.9. The lowest BCUT2D eigenvalue weighted by Gasteiger charge is -2.27. The number of benzene rings is 2. The molecule has 0 aromatic heterocycles. The van der Waals surface area contributed by atoms with Crippen molar-refractivity contribution < 1.29 is 14.0 Å². The molecule has 2 aromatic carbocycles. The predicted molar refractivity (Wildman–Crippen MR) is 103 cm³/mol. The lowest BCUT2D eigenvalue weighted by Crippen LogP contribution is -2.35. The van der Waals surface area contributed by atoms with Crippen LogP contribution in [0.1, 0.15) is 36.8 Å². The molecule has 6 heteroatoms. The molecule has 144 valence electrons. The molecule has 2 amide bonds. The van der Waals surface area contributed by atoms with E-state index in [2.05, 4.69) is 16.7 Å². The normalized spacial score (nSPS) is 18.7. The smallest absolute Gasteiger partial charge is 0.227 e. The van der Waals surface area contributed by atoms with Gasteiger partial charge in [0.1, 0.15) is 5.82 Å². The molecular weight excluding hydrogens is 357 g/mol. The van der Waals surface area contributed by atoms with E-state index in [9.17, 15) is 14.0 Å². The van der Waals surface area contributed by atoms with Crippen LogP contribution in [-0.2, 0) is 16.1 Å². The summed E-state index contributed by atoms with van der Waals surface area (Å²) in [6, 6.07) is 14.9. The number of nitriles is 1. The van der Waals surface area contributed by atoms with Crippen molar-refractivity contribution in [1.29, 1.82) is 5.26 Å². The lowest BCUT2D eigenvalue weighted by molar-refractivity contribution is -0.128. The van der Waals surface area contributed by atoms with E-state index in [-0.39, 0.29) is 29.5 Å². The number of nitrogens with one attached hydrogen (secondary N) is 2. The molecule has 0 unspecified atom stereocenters. The highest BCUT2D eigenvalue weighted by Crippen LogP contribution is 2.30. The topological polar surface area (TPSA) is 82.0 Å². The number of carbonyl (C=O) groups is 2. The number of nitrogens with zero attached hydrogens (tertiary/aromatic N) is 1. The van der Waals surface area contributed by atoms with E-state index in [0.717, 1.165) is 5.56 Å². The first-order chi connectivity index (χ1) is 13.5. The average Bonchev–Trinajstić information content (AvgIpc) is 2.73. The van der Waals surface area contributed by atoms with E-state index in [1.54, 1.807) is 36.4 Å². The molecular formula is C22H22FN3O2. The van der Waals surface area contributed by atoms with Crippen LogP contribution in [0.3, 0.4) is 0 Å². The maximum atomic E-state index is 12.9. The van der Waals surface area contributed by atoms with Crippen molar-refractivity contribution in [2.45, 2.75) is 32.2 Å². The van der Waals surface area contributed by atoms with Crippen LogP contribution >= 0.6 is 0 Å². The first kappa shape index (κ1) is 19.6. The molecule has 0 saturated heterocycles. The van der Waals surface area contributed by atoms with Gasteiger partial charge in [-0.15, -0.1) is 0 Å². The highest BCUT2D eigenvalue weighted by Gasteiger charge is 2.29. The van der Waals surface area contributed by atoms with Crippen LogP contribution < -0.4 is 10.6 Å². The largest absolute Gasteiger partial charge is 0.352 e. The van der Waals surface area contributed by atoms with Gasteiger partial charge in [-0.2, -0.15) is 5.26 Å². The van der Waals surface area contributed by atoms with Crippen molar-refractivity contribution in [3.05, 3.63) is 65.5 Å². The summed E-state index contributed by atoms with van der Waals surface area (Å²) in [5.41, 5.74) is 1.96. The maximum absolute atomic E-state index is 12.9. The van der Waals surface area contributed by atoms with Gasteiger partial charge in [-0.3, -0.25) is 9.59 Å². The minimum Gasteiger partial charge on any atom is -0.352 e. The second-order valence-electron chi connectivity index (χ2n) is 7.07. The van der Waals surface area contributed by atoms with Crippen LogP contribution in [0, 0.1) is 29.0 Å². The van der Waals surface area contributed by atoms with Gasteiger partial charge in [-0.1, -0.05) is 18.2 Å². The van der Waals surface area contributed by atoms with E-state index in [1.165, 1.54) is 12.1 Å². The third kappa shape index (κ3) is 5.17. The maximum Gasteiger partial charge on any atom is 0.227 e. The molecule has 1 fully saturated rings. The van der Waals surface area contributed by atoms with Crippen molar-refractivity contribution in [3.8, 4) is 6.07 Å². The van der Waals surface area contributed by atoms with Crippen LogP contribution in [0.2, 0.25) is 0 Å². The Hall–Kier alpha value is -3.20. The van der Waals surface area contributed by atoms with Gasteiger partial charge in [0, 0.05) is 24.1 Å². The summed E-state index contributed by atoms with van der Waals surface area (Å²) >= 11 is 0. The number of rotatable bonds is 5. The monoisotopic (exact) mass is 379 g/mol. The number of anilines is 1. The number of amides is 2. The quantitative estimate of drug-likeness (QED) is 0.830. The van der Waals surface area contributed by atoms with E-state index in [1.807, 2.05) is 0 Å². The molecule has 1 aliphatic rings. The number of carbonyl (C=O) groups excluding carboxylic acids is 2. The highest BCUT2D eigenvalue weighted by atomic mass is 19.1. The van der Waals surface area contributed by atoms with Gasteiger partial charge < -0.3 is 10.6 Å². The van der Waals surface area contributed by atoms with Gasteiger partial charge in [-0.05, 0) is 61.6 Å². The molecule has 0 radical (unpaired) electrons. The highest BCUT2D eigenvalue weighted by molar-refractivity contribution is 5.93. The first-order valence-corrected chi connectivity index (χ1v) is 9.38. The zero-order valence-electron chi connectivity index (χ0n) is 15.5. The Kier molecular flexibility index (Phi) is 6.38. The van der Waals surface area contributed by atoms with Gasteiger partial charge in [0.2, 0.25) is 11.8 Å². The summed E-state index contributed by atoms with van der Waals surface area (Å²) in [6.45, 7) is 0.370. The van der Waals surface area contributed by atoms with Crippen LogP contribution in [0.4, 0.5) is 10.1 Å². The Balaban J connectivity index is 1.45. The number of hydrogen-bond acceptors (Lipinski definition) is 3. The summed E-state index contributed by atoms with van der Waals surface area (Å²) in [7, 11) is 0. The minimum atomic E-state index is -0.300. The van der Waals surface area contributed by atoms with Crippen molar-refractivity contribution in [1.82, 2.24) is 5.32 Å². The second-order valence-corrected chi connectivity index (χ2v) is 7.07. The standard InChI is InChI=1S/C22H22FN3O2/c23-19-10-4-15(5-11-19)14-25-21(27)17-6-8-18(9-7-17)22(28)26-20-3-1-2-16(12-20)13-24/h1-5,10-12,17-18H,6-9,14H2,(H,25,27)(H,26,28). The van der Waals surface area contributed by atoms with Crippen LogP contribution in [0.25, 0.3) is 0 Å². The fraction of sp³-hybridized carbons (Fsp3) is 0.318. The van der Waals surface area contributed by atoms with E-state index < -0.39 is 0 Å². The molecule has 0 heterocycles. The lowest BCUT2D eigenvalue weighted by atomic mass is 9.81. The molecule has 3 rings (SSSR count). The molecule has 0 bridgehead atoms. The molecule has 0 aliphatic heterocycles. The van der Waals surface area contributed by atoms with E-state index >= 15 is 0 Å². The third-order valence-corrected chi connectivity index (χ3v) is 5.11. The SMILES string of the molecule is N#Cc1cccc(NC(=O)C2CCC(C(=O)NCc3ccc(F)cc3)CC2)c1. The number of halogens is 1. The van der Waals surface area contributed by atoms with Crippen LogP contribution in [-0.4, -0.2) is 11.8 Å². The molecule has 0 atom stereocenters. The fourth-order valence-corrected chi connectivity index (χ4v) is 3.46. The Bertz CT molecular complexity index is 881. The van der Waals surface area contributed by atoms with Crippen molar-refractivity contribution in [2.24, 2.45) is 11.8 Å². The molecule has 28 heavy (non-hydrogen) atoms. The molecule has 0 spiro atoms. The van der Waals surface area contributed by atoms with Gasteiger partial charge in [0.05, 0.1) is 11.6 Å². The molecule has 1 aliphatic carbocycles. The third-order valence-electron chi connectivity index (χ3n) is 5.11.